The second kappa shape index (κ2) is 7.32. The molecule has 4 aromatic rings. The van der Waals surface area contributed by atoms with E-state index in [4.69, 9.17) is 33.3 Å². The molecule has 3 nitrogen and oxygen atoms in total. The molecule has 4 rings (SSSR count). The lowest BCUT2D eigenvalue weighted by atomic mass is 10.2. The quantitative estimate of drug-likeness (QED) is 0.437. The highest BCUT2D eigenvalue weighted by Crippen LogP contribution is 2.31. The topological polar surface area (TPSA) is 30.7 Å². The summed E-state index contributed by atoms with van der Waals surface area (Å²) in [6.07, 6.45) is 0. The first-order chi connectivity index (χ1) is 12.7. The molecular formula is C21H15Cl2N3. The van der Waals surface area contributed by atoms with Gasteiger partial charge in [-0.1, -0.05) is 77.8 Å². The predicted octanol–water partition coefficient (Wildman–Crippen LogP) is 5.97. The number of halogens is 2. The number of hydrogen-bond donors (Lipinski definition) is 0. The summed E-state index contributed by atoms with van der Waals surface area (Å²) < 4.78 is 1.87. The van der Waals surface area contributed by atoms with Crippen LogP contribution in [0.15, 0.2) is 78.9 Å². The molecule has 3 aromatic carbocycles. The first kappa shape index (κ1) is 16.8. The van der Waals surface area contributed by atoms with Crippen LogP contribution in [0, 0.1) is 0 Å². The highest BCUT2D eigenvalue weighted by atomic mass is 35.5. The second-order valence-corrected chi connectivity index (χ2v) is 6.68. The lowest BCUT2D eigenvalue weighted by molar-refractivity contribution is 0.695. The SMILES string of the molecule is Clc1ccccc1-c1nc(-c2ccccc2Cl)n(Cc2ccccc2)n1. The summed E-state index contributed by atoms with van der Waals surface area (Å²) in [5, 5.41) is 5.98. The van der Waals surface area contributed by atoms with Crippen LogP contribution >= 0.6 is 23.2 Å². The smallest absolute Gasteiger partial charge is 0.183 e. The molecule has 0 unspecified atom stereocenters. The molecule has 0 bridgehead atoms. The maximum absolute atomic E-state index is 6.41. The van der Waals surface area contributed by atoms with Crippen LogP contribution in [0.25, 0.3) is 22.8 Å². The molecule has 0 N–H and O–H groups in total. The van der Waals surface area contributed by atoms with Crippen molar-refractivity contribution in [2.75, 3.05) is 0 Å². The average Bonchev–Trinajstić information content (AvgIpc) is 3.06. The Balaban J connectivity index is 1.86. The lowest BCUT2D eigenvalue weighted by Crippen LogP contribution is -2.04. The largest absolute Gasteiger partial charge is 0.241 e. The van der Waals surface area contributed by atoms with Gasteiger partial charge in [0.25, 0.3) is 0 Å². The fraction of sp³-hybridized carbons (Fsp3) is 0.0476. The number of rotatable bonds is 4. The molecule has 1 aromatic heterocycles. The van der Waals surface area contributed by atoms with Crippen molar-refractivity contribution < 1.29 is 0 Å². The van der Waals surface area contributed by atoms with Crippen LogP contribution in [0.5, 0.6) is 0 Å². The molecule has 128 valence electrons. The summed E-state index contributed by atoms with van der Waals surface area (Å²) in [4.78, 5) is 4.75. The third-order valence-corrected chi connectivity index (χ3v) is 4.74. The van der Waals surface area contributed by atoms with Gasteiger partial charge in [-0.3, -0.25) is 0 Å². The van der Waals surface area contributed by atoms with E-state index in [1.165, 1.54) is 0 Å². The van der Waals surface area contributed by atoms with E-state index < -0.39 is 0 Å². The Morgan fingerprint density at radius 3 is 1.92 bits per heavy atom. The maximum atomic E-state index is 6.41. The monoisotopic (exact) mass is 379 g/mol. The zero-order valence-electron chi connectivity index (χ0n) is 13.8. The minimum absolute atomic E-state index is 0.585. The Morgan fingerprint density at radius 1 is 0.692 bits per heavy atom. The van der Waals surface area contributed by atoms with E-state index in [-0.39, 0.29) is 0 Å². The zero-order chi connectivity index (χ0) is 17.9. The van der Waals surface area contributed by atoms with Crippen LogP contribution in [0.2, 0.25) is 10.0 Å². The van der Waals surface area contributed by atoms with E-state index in [2.05, 4.69) is 12.1 Å². The molecule has 0 atom stereocenters. The van der Waals surface area contributed by atoms with E-state index in [1.807, 2.05) is 71.4 Å². The molecular weight excluding hydrogens is 365 g/mol. The van der Waals surface area contributed by atoms with E-state index in [9.17, 15) is 0 Å². The zero-order valence-corrected chi connectivity index (χ0v) is 15.3. The maximum Gasteiger partial charge on any atom is 0.183 e. The second-order valence-electron chi connectivity index (χ2n) is 5.86. The van der Waals surface area contributed by atoms with Gasteiger partial charge < -0.3 is 0 Å². The molecule has 0 aliphatic heterocycles. The standard InChI is InChI=1S/C21H15Cl2N3/c22-18-12-6-4-10-16(18)20-24-21(17-11-5-7-13-19(17)23)26(25-20)14-15-8-2-1-3-9-15/h1-13H,14H2. The van der Waals surface area contributed by atoms with Crippen molar-refractivity contribution in [1.29, 1.82) is 0 Å². The van der Waals surface area contributed by atoms with Gasteiger partial charge in [0.2, 0.25) is 0 Å². The van der Waals surface area contributed by atoms with E-state index in [1.54, 1.807) is 0 Å². The third-order valence-electron chi connectivity index (χ3n) is 4.08. The van der Waals surface area contributed by atoms with Crippen molar-refractivity contribution in [1.82, 2.24) is 14.8 Å². The van der Waals surface area contributed by atoms with Crippen molar-refractivity contribution >= 4 is 23.2 Å². The molecule has 0 aliphatic rings. The summed E-state index contributed by atoms with van der Waals surface area (Å²) in [7, 11) is 0. The van der Waals surface area contributed by atoms with Crippen LogP contribution in [0.4, 0.5) is 0 Å². The normalized spacial score (nSPS) is 10.8. The van der Waals surface area contributed by atoms with E-state index in [0.717, 1.165) is 22.5 Å². The van der Waals surface area contributed by atoms with Crippen molar-refractivity contribution in [3.05, 3.63) is 94.5 Å². The van der Waals surface area contributed by atoms with Crippen molar-refractivity contribution in [2.24, 2.45) is 0 Å². The summed E-state index contributed by atoms with van der Waals surface area (Å²) in [6.45, 7) is 0.596. The number of hydrogen-bond acceptors (Lipinski definition) is 2. The molecule has 0 aliphatic carbocycles. The predicted molar refractivity (Wildman–Crippen MR) is 106 cm³/mol. The number of nitrogens with zero attached hydrogens (tertiary/aromatic N) is 3. The summed E-state index contributed by atoms with van der Waals surface area (Å²) in [6, 6.07) is 25.4. The minimum Gasteiger partial charge on any atom is -0.241 e. The molecule has 0 saturated heterocycles. The number of aromatic nitrogens is 3. The Hall–Kier alpha value is -2.62. The van der Waals surface area contributed by atoms with Crippen LogP contribution < -0.4 is 0 Å². The summed E-state index contributed by atoms with van der Waals surface area (Å²) >= 11 is 12.8. The Labute approximate surface area is 161 Å². The fourth-order valence-electron chi connectivity index (χ4n) is 2.81. The van der Waals surface area contributed by atoms with Crippen LogP contribution in [-0.2, 0) is 6.54 Å². The summed E-state index contributed by atoms with van der Waals surface area (Å²) in [5.74, 6) is 1.30. The average molecular weight is 380 g/mol. The van der Waals surface area contributed by atoms with Crippen molar-refractivity contribution in [3.63, 3.8) is 0 Å². The van der Waals surface area contributed by atoms with Crippen LogP contribution in [-0.4, -0.2) is 14.8 Å². The Kier molecular flexibility index (Phi) is 4.74. The van der Waals surface area contributed by atoms with Gasteiger partial charge in [0.05, 0.1) is 16.6 Å². The molecule has 26 heavy (non-hydrogen) atoms. The number of benzene rings is 3. The Morgan fingerprint density at radius 2 is 1.27 bits per heavy atom. The Bertz CT molecular complexity index is 1040. The highest BCUT2D eigenvalue weighted by molar-refractivity contribution is 6.33. The van der Waals surface area contributed by atoms with Crippen molar-refractivity contribution in [2.45, 2.75) is 6.54 Å². The first-order valence-corrected chi connectivity index (χ1v) is 8.96. The fourth-order valence-corrected chi connectivity index (χ4v) is 3.25. The highest BCUT2D eigenvalue weighted by Gasteiger charge is 2.17. The van der Waals surface area contributed by atoms with Gasteiger partial charge in [-0.2, -0.15) is 5.10 Å². The van der Waals surface area contributed by atoms with Gasteiger partial charge in [0.1, 0.15) is 0 Å². The van der Waals surface area contributed by atoms with Crippen LogP contribution in [0.1, 0.15) is 5.56 Å². The lowest BCUT2D eigenvalue weighted by Gasteiger charge is -2.07. The molecule has 1 heterocycles. The van der Waals surface area contributed by atoms with E-state index >= 15 is 0 Å². The molecule has 0 amide bonds. The first-order valence-electron chi connectivity index (χ1n) is 8.21. The minimum atomic E-state index is 0.585. The van der Waals surface area contributed by atoms with Gasteiger partial charge >= 0.3 is 0 Å². The van der Waals surface area contributed by atoms with Gasteiger partial charge in [-0.25, -0.2) is 9.67 Å². The van der Waals surface area contributed by atoms with Gasteiger partial charge in [-0.15, -0.1) is 0 Å². The molecule has 0 radical (unpaired) electrons. The molecule has 0 spiro atoms. The van der Waals surface area contributed by atoms with Gasteiger partial charge in [0, 0.05) is 11.1 Å². The summed E-state index contributed by atoms with van der Waals surface area (Å²) in [5.41, 5.74) is 2.78. The van der Waals surface area contributed by atoms with Gasteiger partial charge in [-0.05, 0) is 29.8 Å². The molecule has 0 fully saturated rings. The molecule has 0 saturated carbocycles. The van der Waals surface area contributed by atoms with Crippen molar-refractivity contribution in [3.8, 4) is 22.8 Å². The van der Waals surface area contributed by atoms with E-state index in [0.29, 0.717) is 22.4 Å². The molecule has 5 heteroatoms. The van der Waals surface area contributed by atoms with Crippen LogP contribution in [0.3, 0.4) is 0 Å². The third kappa shape index (κ3) is 3.36. The van der Waals surface area contributed by atoms with Gasteiger partial charge in [0.15, 0.2) is 11.6 Å².